The molecule has 0 unspecified atom stereocenters. The van der Waals surface area contributed by atoms with E-state index in [0.717, 1.165) is 22.6 Å². The number of anilines is 1. The highest BCUT2D eigenvalue weighted by molar-refractivity contribution is 5.53. The maximum Gasteiger partial charge on any atom is 0.0995 e. The third-order valence-electron chi connectivity index (χ3n) is 2.91. The molecule has 1 heterocycles. The normalized spacial score (nSPS) is 11.8. The number of aromatic nitrogens is 2. The molecule has 0 aliphatic rings. The van der Waals surface area contributed by atoms with E-state index < -0.39 is 0 Å². The minimum absolute atomic E-state index is 0.0709. The fourth-order valence-electron chi connectivity index (χ4n) is 1.64. The van der Waals surface area contributed by atoms with Crippen LogP contribution in [-0.4, -0.2) is 9.55 Å². The molecule has 2 rings (SSSR count). The Morgan fingerprint density at radius 3 is 2.47 bits per heavy atom. The number of hydrogen-bond acceptors (Lipinski definition) is 2. The molecule has 0 saturated heterocycles. The second-order valence-electron chi connectivity index (χ2n) is 5.46. The quantitative estimate of drug-likeness (QED) is 0.764. The van der Waals surface area contributed by atoms with Gasteiger partial charge in [-0.2, -0.15) is 0 Å². The lowest BCUT2D eigenvalue weighted by atomic mass is 9.93. The molecule has 3 heteroatoms. The minimum atomic E-state index is 0.0709. The molecule has 0 amide bonds. The first-order chi connectivity index (χ1) is 7.88. The maximum absolute atomic E-state index is 5.92. The van der Waals surface area contributed by atoms with Gasteiger partial charge in [0.05, 0.1) is 12.0 Å². The number of nitrogen functional groups attached to an aromatic ring is 1. The molecular weight excluding hydrogens is 210 g/mol. The molecule has 0 saturated carbocycles. The predicted octanol–water partition coefficient (Wildman–Crippen LogP) is 3.06. The fraction of sp³-hybridized carbons (Fsp3) is 0.357. The Morgan fingerprint density at radius 2 is 1.94 bits per heavy atom. The van der Waals surface area contributed by atoms with Crippen LogP contribution in [0.2, 0.25) is 0 Å². The monoisotopic (exact) mass is 229 g/mol. The van der Waals surface area contributed by atoms with Crippen LogP contribution in [0.3, 0.4) is 0 Å². The third-order valence-corrected chi connectivity index (χ3v) is 2.91. The summed E-state index contributed by atoms with van der Waals surface area (Å²) in [6.07, 6.45) is 3.90. The van der Waals surface area contributed by atoms with Gasteiger partial charge in [0.2, 0.25) is 0 Å². The van der Waals surface area contributed by atoms with Gasteiger partial charge in [0.1, 0.15) is 0 Å². The van der Waals surface area contributed by atoms with Gasteiger partial charge in [0, 0.05) is 23.0 Å². The Bertz CT molecular complexity index is 533. The van der Waals surface area contributed by atoms with Gasteiger partial charge in [0.25, 0.3) is 0 Å². The highest BCUT2D eigenvalue weighted by atomic mass is 15.0. The summed E-state index contributed by atoms with van der Waals surface area (Å²) in [5.74, 6) is 0. The van der Waals surface area contributed by atoms with Crippen LogP contribution >= 0.6 is 0 Å². The first-order valence-corrected chi connectivity index (χ1v) is 5.79. The summed E-state index contributed by atoms with van der Waals surface area (Å²) in [5.41, 5.74) is 10.0. The van der Waals surface area contributed by atoms with Crippen molar-refractivity contribution in [2.75, 3.05) is 5.73 Å². The van der Waals surface area contributed by atoms with E-state index >= 15 is 0 Å². The summed E-state index contributed by atoms with van der Waals surface area (Å²) in [6, 6.07) is 6.06. The molecule has 2 N–H and O–H groups in total. The third kappa shape index (κ3) is 2.33. The van der Waals surface area contributed by atoms with Gasteiger partial charge in [-0.25, -0.2) is 4.98 Å². The number of hydrogen-bond donors (Lipinski definition) is 1. The Morgan fingerprint density at radius 1 is 1.24 bits per heavy atom. The van der Waals surface area contributed by atoms with Gasteiger partial charge in [-0.05, 0) is 24.6 Å². The number of nitrogens with two attached hydrogens (primary N) is 1. The zero-order chi connectivity index (χ0) is 12.6. The van der Waals surface area contributed by atoms with Crippen LogP contribution in [0, 0.1) is 6.92 Å². The van der Waals surface area contributed by atoms with Gasteiger partial charge in [-0.15, -0.1) is 0 Å². The smallest absolute Gasteiger partial charge is 0.0995 e. The molecule has 3 nitrogen and oxygen atoms in total. The van der Waals surface area contributed by atoms with Gasteiger partial charge in [-0.3, -0.25) is 0 Å². The van der Waals surface area contributed by atoms with Crippen LogP contribution in [0.4, 0.5) is 5.69 Å². The summed E-state index contributed by atoms with van der Waals surface area (Å²) in [6.45, 7) is 8.48. The molecule has 0 aliphatic heterocycles. The van der Waals surface area contributed by atoms with Crippen molar-refractivity contribution < 1.29 is 0 Å². The van der Waals surface area contributed by atoms with E-state index in [1.54, 1.807) is 0 Å². The van der Waals surface area contributed by atoms with Crippen LogP contribution in [0.15, 0.2) is 30.7 Å². The van der Waals surface area contributed by atoms with Gasteiger partial charge in [0.15, 0.2) is 0 Å². The van der Waals surface area contributed by atoms with Crippen molar-refractivity contribution in [2.24, 2.45) is 0 Å². The average Bonchev–Trinajstić information content (AvgIpc) is 2.70. The van der Waals surface area contributed by atoms with E-state index in [1.165, 1.54) is 0 Å². The van der Waals surface area contributed by atoms with Crippen molar-refractivity contribution in [2.45, 2.75) is 33.1 Å². The topological polar surface area (TPSA) is 43.8 Å². The van der Waals surface area contributed by atoms with E-state index in [1.807, 2.05) is 30.0 Å². The molecule has 0 radical (unpaired) electrons. The van der Waals surface area contributed by atoms with Crippen LogP contribution < -0.4 is 5.73 Å². The van der Waals surface area contributed by atoms with Crippen LogP contribution in [0.25, 0.3) is 5.69 Å². The Labute approximate surface area is 102 Å². The standard InChI is InChI=1S/C14H19N3/c1-10-5-6-11(7-12(10)15)17-8-13(16-9-17)14(2,3)4/h5-9H,15H2,1-4H3. The number of nitrogens with zero attached hydrogens (tertiary/aromatic N) is 2. The largest absolute Gasteiger partial charge is 0.398 e. The zero-order valence-corrected chi connectivity index (χ0v) is 10.9. The Balaban J connectivity index is 2.40. The number of aryl methyl sites for hydroxylation is 1. The van der Waals surface area contributed by atoms with E-state index in [9.17, 15) is 0 Å². The van der Waals surface area contributed by atoms with Crippen LogP contribution in [-0.2, 0) is 5.41 Å². The van der Waals surface area contributed by atoms with Gasteiger partial charge >= 0.3 is 0 Å². The first kappa shape index (κ1) is 11.7. The van der Waals surface area contributed by atoms with Crippen LogP contribution in [0.5, 0.6) is 0 Å². The van der Waals surface area contributed by atoms with E-state index in [4.69, 9.17) is 5.73 Å². The highest BCUT2D eigenvalue weighted by Crippen LogP contribution is 2.22. The molecule has 1 aromatic heterocycles. The molecular formula is C14H19N3. The van der Waals surface area contributed by atoms with E-state index in [-0.39, 0.29) is 5.41 Å². The molecule has 2 aromatic rings. The molecule has 0 spiro atoms. The zero-order valence-electron chi connectivity index (χ0n) is 10.9. The lowest BCUT2D eigenvalue weighted by molar-refractivity contribution is 0.572. The number of rotatable bonds is 1. The second kappa shape index (κ2) is 3.91. The van der Waals surface area contributed by atoms with Gasteiger partial charge in [-0.1, -0.05) is 26.8 Å². The second-order valence-corrected chi connectivity index (χ2v) is 5.46. The number of benzene rings is 1. The summed E-state index contributed by atoms with van der Waals surface area (Å²) in [7, 11) is 0. The summed E-state index contributed by atoms with van der Waals surface area (Å²) >= 11 is 0. The predicted molar refractivity (Wildman–Crippen MR) is 71.4 cm³/mol. The van der Waals surface area contributed by atoms with E-state index in [2.05, 4.69) is 38.0 Å². The summed E-state index contributed by atoms with van der Waals surface area (Å²) < 4.78 is 2.01. The van der Waals surface area contributed by atoms with Crippen molar-refractivity contribution in [3.63, 3.8) is 0 Å². The Kier molecular flexibility index (Phi) is 2.69. The fourth-order valence-corrected chi connectivity index (χ4v) is 1.64. The molecule has 17 heavy (non-hydrogen) atoms. The SMILES string of the molecule is Cc1ccc(-n2cnc(C(C)(C)C)c2)cc1N. The molecule has 0 aliphatic carbocycles. The lowest BCUT2D eigenvalue weighted by Crippen LogP contribution is -2.11. The van der Waals surface area contributed by atoms with Crippen LogP contribution in [0.1, 0.15) is 32.0 Å². The summed E-state index contributed by atoms with van der Waals surface area (Å²) in [5, 5.41) is 0. The molecule has 1 aromatic carbocycles. The number of imidazole rings is 1. The van der Waals surface area contributed by atoms with Crippen molar-refractivity contribution in [1.82, 2.24) is 9.55 Å². The lowest BCUT2D eigenvalue weighted by Gasteiger charge is -2.14. The summed E-state index contributed by atoms with van der Waals surface area (Å²) in [4.78, 5) is 4.44. The highest BCUT2D eigenvalue weighted by Gasteiger charge is 2.16. The molecule has 0 bridgehead atoms. The van der Waals surface area contributed by atoms with E-state index in [0.29, 0.717) is 0 Å². The van der Waals surface area contributed by atoms with Gasteiger partial charge < -0.3 is 10.3 Å². The molecule has 90 valence electrons. The van der Waals surface area contributed by atoms with Crippen molar-refractivity contribution >= 4 is 5.69 Å². The average molecular weight is 229 g/mol. The molecule has 0 atom stereocenters. The first-order valence-electron chi connectivity index (χ1n) is 5.79. The molecule has 0 fully saturated rings. The minimum Gasteiger partial charge on any atom is -0.398 e. The Hall–Kier alpha value is -1.77. The van der Waals surface area contributed by atoms with Crippen molar-refractivity contribution in [1.29, 1.82) is 0 Å². The maximum atomic E-state index is 5.92. The van der Waals surface area contributed by atoms with Crippen molar-refractivity contribution in [3.05, 3.63) is 42.0 Å². The van der Waals surface area contributed by atoms with Crippen molar-refractivity contribution in [3.8, 4) is 5.69 Å².